The summed E-state index contributed by atoms with van der Waals surface area (Å²) in [5.74, 6) is 0.272. The highest BCUT2D eigenvalue weighted by Crippen LogP contribution is 2.15. The monoisotopic (exact) mass is 407 g/mol. The summed E-state index contributed by atoms with van der Waals surface area (Å²) < 4.78 is 19.5. The molecule has 2 aromatic rings. The van der Waals surface area contributed by atoms with Gasteiger partial charge in [0.05, 0.1) is 5.69 Å². The van der Waals surface area contributed by atoms with Gasteiger partial charge in [0.15, 0.2) is 6.04 Å². The molecule has 7 heteroatoms. The molecule has 1 atom stereocenters. The van der Waals surface area contributed by atoms with Gasteiger partial charge in [-0.2, -0.15) is 0 Å². The van der Waals surface area contributed by atoms with Gasteiger partial charge in [-0.05, 0) is 43.3 Å². The highest BCUT2D eigenvalue weighted by atomic mass is 35.5. The van der Waals surface area contributed by atoms with Gasteiger partial charge in [-0.1, -0.05) is 23.7 Å². The van der Waals surface area contributed by atoms with E-state index in [9.17, 15) is 9.18 Å². The Bertz CT molecular complexity index is 779. The van der Waals surface area contributed by atoms with Crippen LogP contribution in [0.5, 0.6) is 5.75 Å². The number of rotatable bonds is 7. The first-order chi connectivity index (χ1) is 13.5. The highest BCUT2D eigenvalue weighted by molar-refractivity contribution is 6.30. The first-order valence-electron chi connectivity index (χ1n) is 9.65. The number of quaternary nitrogens is 2. The van der Waals surface area contributed by atoms with Gasteiger partial charge < -0.3 is 19.9 Å². The summed E-state index contributed by atoms with van der Waals surface area (Å²) in [6.45, 7) is 7.25. The number of anilines is 1. The van der Waals surface area contributed by atoms with Gasteiger partial charge in [0, 0.05) is 5.02 Å². The van der Waals surface area contributed by atoms with Crippen molar-refractivity contribution in [2.24, 2.45) is 0 Å². The summed E-state index contributed by atoms with van der Waals surface area (Å²) in [7, 11) is 0. The number of piperazine rings is 1. The van der Waals surface area contributed by atoms with Crippen molar-refractivity contribution in [3.05, 3.63) is 59.4 Å². The van der Waals surface area contributed by atoms with Crippen molar-refractivity contribution in [3.8, 4) is 5.75 Å². The fourth-order valence-electron chi connectivity index (χ4n) is 3.44. The average Bonchev–Trinajstić information content (AvgIpc) is 2.71. The van der Waals surface area contributed by atoms with Gasteiger partial charge >= 0.3 is 0 Å². The largest absolute Gasteiger partial charge is 0.488 e. The van der Waals surface area contributed by atoms with Gasteiger partial charge in [0.2, 0.25) is 0 Å². The number of amides is 1. The number of nitrogens with one attached hydrogen (secondary N) is 3. The Morgan fingerprint density at radius 3 is 2.50 bits per heavy atom. The standard InChI is InChI=1S/C21H25ClFN3O2/c1-16(21(27)24-20-5-3-2-4-19(20)23)26-12-10-25(11-13-26)14-15-28-18-8-6-17(22)7-9-18/h2-9,16H,10-15H2,1H3,(H,24,27)/p+2/t16-/m0/s1. The summed E-state index contributed by atoms with van der Waals surface area (Å²) in [5, 5.41) is 3.40. The van der Waals surface area contributed by atoms with E-state index >= 15 is 0 Å². The van der Waals surface area contributed by atoms with E-state index in [4.69, 9.17) is 16.3 Å². The molecule has 0 radical (unpaired) electrons. The molecule has 2 aromatic carbocycles. The predicted octanol–water partition coefficient (Wildman–Crippen LogP) is 0.669. The van der Waals surface area contributed by atoms with Crippen LogP contribution in [-0.4, -0.2) is 51.3 Å². The minimum Gasteiger partial charge on any atom is -0.488 e. The van der Waals surface area contributed by atoms with E-state index in [1.165, 1.54) is 15.9 Å². The third-order valence-electron chi connectivity index (χ3n) is 5.27. The Morgan fingerprint density at radius 1 is 1.14 bits per heavy atom. The van der Waals surface area contributed by atoms with E-state index in [0.29, 0.717) is 11.6 Å². The van der Waals surface area contributed by atoms with Crippen molar-refractivity contribution >= 4 is 23.2 Å². The van der Waals surface area contributed by atoms with Crippen LogP contribution in [0.1, 0.15) is 6.92 Å². The molecule has 1 saturated heterocycles. The van der Waals surface area contributed by atoms with Crippen molar-refractivity contribution in [2.45, 2.75) is 13.0 Å². The van der Waals surface area contributed by atoms with Gasteiger partial charge in [0.25, 0.3) is 5.91 Å². The van der Waals surface area contributed by atoms with Crippen LogP contribution in [0.25, 0.3) is 0 Å². The van der Waals surface area contributed by atoms with Gasteiger partial charge in [0.1, 0.15) is 50.9 Å². The van der Waals surface area contributed by atoms with Gasteiger partial charge in [-0.3, -0.25) is 4.79 Å². The second kappa shape index (κ2) is 9.87. The number of para-hydroxylation sites is 1. The number of hydrogen-bond donors (Lipinski definition) is 3. The maximum absolute atomic E-state index is 13.7. The Balaban J connectivity index is 1.39. The zero-order valence-corrected chi connectivity index (χ0v) is 16.8. The van der Waals surface area contributed by atoms with E-state index in [1.807, 2.05) is 31.2 Å². The normalized spacial score (nSPS) is 20.4. The van der Waals surface area contributed by atoms with Crippen molar-refractivity contribution < 1.29 is 23.7 Å². The summed E-state index contributed by atoms with van der Waals surface area (Å²) in [6, 6.07) is 13.4. The molecule has 1 fully saturated rings. The minimum absolute atomic E-state index is 0.144. The zero-order valence-electron chi connectivity index (χ0n) is 16.0. The van der Waals surface area contributed by atoms with Crippen LogP contribution in [0.15, 0.2) is 48.5 Å². The number of benzene rings is 2. The Kier molecular flexibility index (Phi) is 7.25. The molecular formula is C21H27ClFN3O2+2. The maximum atomic E-state index is 13.7. The Labute approximate surface area is 170 Å². The van der Waals surface area contributed by atoms with Gasteiger partial charge in [-0.25, -0.2) is 4.39 Å². The Morgan fingerprint density at radius 2 is 1.82 bits per heavy atom. The summed E-state index contributed by atoms with van der Waals surface area (Å²) >= 11 is 5.87. The molecule has 3 N–H and O–H groups in total. The first kappa shape index (κ1) is 20.6. The minimum atomic E-state index is -0.409. The smallest absolute Gasteiger partial charge is 0.282 e. The summed E-state index contributed by atoms with van der Waals surface area (Å²) in [6.07, 6.45) is 0. The van der Waals surface area contributed by atoms with Crippen molar-refractivity contribution in [2.75, 3.05) is 44.6 Å². The second-order valence-corrected chi connectivity index (χ2v) is 7.59. The van der Waals surface area contributed by atoms with Crippen molar-refractivity contribution in [3.63, 3.8) is 0 Å². The van der Waals surface area contributed by atoms with Crippen LogP contribution >= 0.6 is 11.6 Å². The summed E-state index contributed by atoms with van der Waals surface area (Å²) in [5.41, 5.74) is 0.238. The van der Waals surface area contributed by atoms with E-state index in [-0.39, 0.29) is 17.6 Å². The molecule has 1 heterocycles. The first-order valence-corrected chi connectivity index (χ1v) is 10.0. The number of carbonyl (C=O) groups is 1. The summed E-state index contributed by atoms with van der Waals surface area (Å²) in [4.78, 5) is 15.2. The van der Waals surface area contributed by atoms with Crippen LogP contribution in [0.2, 0.25) is 5.02 Å². The fourth-order valence-corrected chi connectivity index (χ4v) is 3.57. The molecule has 0 saturated carbocycles. The molecule has 0 bridgehead atoms. The van der Waals surface area contributed by atoms with Crippen LogP contribution in [0.3, 0.4) is 0 Å². The van der Waals surface area contributed by atoms with E-state index < -0.39 is 5.82 Å². The highest BCUT2D eigenvalue weighted by Gasteiger charge is 2.31. The van der Waals surface area contributed by atoms with Crippen LogP contribution in [0, 0.1) is 5.82 Å². The molecular weight excluding hydrogens is 381 g/mol. The van der Waals surface area contributed by atoms with Crippen molar-refractivity contribution in [1.82, 2.24) is 0 Å². The molecule has 1 aliphatic heterocycles. The molecule has 1 amide bonds. The lowest BCUT2D eigenvalue weighted by Crippen LogP contribution is -3.30. The topological polar surface area (TPSA) is 47.2 Å². The molecule has 5 nitrogen and oxygen atoms in total. The number of carbonyl (C=O) groups excluding carboxylic acids is 1. The third-order valence-corrected chi connectivity index (χ3v) is 5.53. The fraction of sp³-hybridized carbons (Fsp3) is 0.381. The van der Waals surface area contributed by atoms with Crippen LogP contribution in [-0.2, 0) is 4.79 Å². The molecule has 0 unspecified atom stereocenters. The van der Waals surface area contributed by atoms with E-state index in [0.717, 1.165) is 38.5 Å². The maximum Gasteiger partial charge on any atom is 0.282 e. The molecule has 0 aliphatic carbocycles. The number of halogens is 2. The van der Waals surface area contributed by atoms with Crippen LogP contribution in [0.4, 0.5) is 10.1 Å². The molecule has 3 rings (SSSR count). The lowest BCUT2D eigenvalue weighted by molar-refractivity contribution is -1.02. The van der Waals surface area contributed by atoms with Crippen molar-refractivity contribution in [1.29, 1.82) is 0 Å². The molecule has 0 spiro atoms. The van der Waals surface area contributed by atoms with E-state index in [1.54, 1.807) is 18.2 Å². The second-order valence-electron chi connectivity index (χ2n) is 7.15. The van der Waals surface area contributed by atoms with Gasteiger partial charge in [-0.15, -0.1) is 0 Å². The molecule has 1 aliphatic rings. The molecule has 28 heavy (non-hydrogen) atoms. The lowest BCUT2D eigenvalue weighted by atomic mass is 10.2. The lowest BCUT2D eigenvalue weighted by Gasteiger charge is -2.32. The molecule has 150 valence electrons. The SMILES string of the molecule is C[C@@H](C(=O)Nc1ccccc1F)[NH+]1CC[NH+](CCOc2ccc(Cl)cc2)CC1. The number of hydrogen-bond acceptors (Lipinski definition) is 2. The van der Waals surface area contributed by atoms with Crippen LogP contribution < -0.4 is 19.9 Å². The zero-order chi connectivity index (χ0) is 19.9. The molecule has 0 aromatic heterocycles. The third kappa shape index (κ3) is 5.67. The predicted molar refractivity (Wildman–Crippen MR) is 108 cm³/mol. The Hall–Kier alpha value is -2.15. The average molecular weight is 408 g/mol. The quantitative estimate of drug-likeness (QED) is 0.632. The van der Waals surface area contributed by atoms with E-state index in [2.05, 4.69) is 5.32 Å². The number of ether oxygens (including phenoxy) is 1.